The van der Waals surface area contributed by atoms with E-state index in [-0.39, 0.29) is 11.5 Å². The van der Waals surface area contributed by atoms with Gasteiger partial charge < -0.3 is 15.8 Å². The molecule has 0 saturated heterocycles. The highest BCUT2D eigenvalue weighted by Crippen LogP contribution is 2.41. The molecule has 0 bridgehead atoms. The van der Waals surface area contributed by atoms with Crippen molar-refractivity contribution in [2.45, 2.75) is 70.4 Å². The molecule has 2 aliphatic carbocycles. The van der Waals surface area contributed by atoms with Gasteiger partial charge in [0.1, 0.15) is 0 Å². The van der Waals surface area contributed by atoms with Crippen molar-refractivity contribution in [2.75, 3.05) is 13.2 Å². The standard InChI is InChI=1S/C15H28N2O2/c1-14(2)6-8-15(11-16,9-7-14)19-10-5-13(18)17-12-3-4-12/h12H,3-11,16H2,1-2H3,(H,17,18). The van der Waals surface area contributed by atoms with Crippen molar-refractivity contribution in [1.82, 2.24) is 5.32 Å². The Kier molecular flexibility index (Phi) is 4.51. The van der Waals surface area contributed by atoms with Crippen LogP contribution in [0.3, 0.4) is 0 Å². The third-order valence-electron chi connectivity index (χ3n) is 4.57. The van der Waals surface area contributed by atoms with Crippen molar-refractivity contribution < 1.29 is 9.53 Å². The van der Waals surface area contributed by atoms with Crippen LogP contribution in [0.1, 0.15) is 58.8 Å². The van der Waals surface area contributed by atoms with Crippen molar-refractivity contribution in [1.29, 1.82) is 0 Å². The molecule has 2 saturated carbocycles. The van der Waals surface area contributed by atoms with Crippen LogP contribution in [0.5, 0.6) is 0 Å². The highest BCUT2D eigenvalue weighted by atomic mass is 16.5. The SMILES string of the molecule is CC1(C)CCC(CN)(OCCC(=O)NC2CC2)CC1. The summed E-state index contributed by atoms with van der Waals surface area (Å²) in [5, 5.41) is 2.99. The van der Waals surface area contributed by atoms with Crippen molar-refractivity contribution >= 4 is 5.91 Å². The van der Waals surface area contributed by atoms with Crippen LogP contribution >= 0.6 is 0 Å². The maximum atomic E-state index is 11.6. The fraction of sp³-hybridized carbons (Fsp3) is 0.933. The summed E-state index contributed by atoms with van der Waals surface area (Å²) in [5.41, 5.74) is 6.13. The Labute approximate surface area is 116 Å². The molecule has 0 aliphatic heterocycles. The van der Waals surface area contributed by atoms with Gasteiger partial charge in [-0.1, -0.05) is 13.8 Å². The lowest BCUT2D eigenvalue weighted by Crippen LogP contribution is -2.46. The molecule has 0 aromatic rings. The van der Waals surface area contributed by atoms with E-state index in [0.29, 0.717) is 31.0 Å². The van der Waals surface area contributed by atoms with Crippen LogP contribution in [0.25, 0.3) is 0 Å². The van der Waals surface area contributed by atoms with Crippen molar-refractivity contribution in [2.24, 2.45) is 11.1 Å². The Balaban J connectivity index is 1.71. The normalized spacial score (nSPS) is 25.0. The molecule has 0 radical (unpaired) electrons. The van der Waals surface area contributed by atoms with E-state index in [1.807, 2.05) is 0 Å². The van der Waals surface area contributed by atoms with Crippen molar-refractivity contribution in [3.8, 4) is 0 Å². The molecule has 3 N–H and O–H groups in total. The zero-order chi connectivity index (χ0) is 13.9. The number of ether oxygens (including phenoxy) is 1. The second-order valence-electron chi connectivity index (χ2n) is 6.99. The van der Waals surface area contributed by atoms with Crippen LogP contribution in [0.15, 0.2) is 0 Å². The van der Waals surface area contributed by atoms with Gasteiger partial charge in [0.15, 0.2) is 0 Å². The van der Waals surface area contributed by atoms with Crippen LogP contribution in [-0.2, 0) is 9.53 Å². The fourth-order valence-electron chi connectivity index (χ4n) is 2.68. The maximum Gasteiger partial charge on any atom is 0.222 e. The Morgan fingerprint density at radius 3 is 2.42 bits per heavy atom. The minimum atomic E-state index is -0.185. The maximum absolute atomic E-state index is 11.6. The number of carbonyl (C=O) groups excluding carboxylic acids is 1. The summed E-state index contributed by atoms with van der Waals surface area (Å²) in [6.45, 7) is 5.66. The van der Waals surface area contributed by atoms with E-state index in [1.54, 1.807) is 0 Å². The average molecular weight is 268 g/mol. The molecule has 2 aliphatic rings. The van der Waals surface area contributed by atoms with Gasteiger partial charge in [0.25, 0.3) is 0 Å². The third-order valence-corrected chi connectivity index (χ3v) is 4.57. The van der Waals surface area contributed by atoms with Gasteiger partial charge in [0, 0.05) is 19.0 Å². The van der Waals surface area contributed by atoms with E-state index in [4.69, 9.17) is 10.5 Å². The summed E-state index contributed by atoms with van der Waals surface area (Å²) in [4.78, 5) is 11.6. The molecule has 1 amide bonds. The van der Waals surface area contributed by atoms with Gasteiger partial charge in [-0.15, -0.1) is 0 Å². The van der Waals surface area contributed by atoms with Gasteiger partial charge in [-0.2, -0.15) is 0 Å². The van der Waals surface area contributed by atoms with E-state index in [1.165, 1.54) is 0 Å². The lowest BCUT2D eigenvalue weighted by atomic mass is 9.71. The number of nitrogens with two attached hydrogens (primary N) is 1. The predicted octanol–water partition coefficient (Wildman–Crippen LogP) is 1.97. The molecular weight excluding hydrogens is 240 g/mol. The molecule has 0 unspecified atom stereocenters. The van der Waals surface area contributed by atoms with Gasteiger partial charge in [-0.3, -0.25) is 4.79 Å². The highest BCUT2D eigenvalue weighted by molar-refractivity contribution is 5.76. The molecule has 0 spiro atoms. The van der Waals surface area contributed by atoms with Crippen LogP contribution in [0.2, 0.25) is 0 Å². The largest absolute Gasteiger partial charge is 0.373 e. The minimum absolute atomic E-state index is 0.116. The molecule has 19 heavy (non-hydrogen) atoms. The lowest BCUT2D eigenvalue weighted by Gasteiger charge is -2.42. The first-order valence-electron chi connectivity index (χ1n) is 7.58. The summed E-state index contributed by atoms with van der Waals surface area (Å²) in [7, 11) is 0. The van der Waals surface area contributed by atoms with Crippen molar-refractivity contribution in [3.05, 3.63) is 0 Å². The van der Waals surface area contributed by atoms with Gasteiger partial charge in [-0.05, 0) is 43.9 Å². The molecule has 2 rings (SSSR count). The fourth-order valence-corrected chi connectivity index (χ4v) is 2.68. The third kappa shape index (κ3) is 4.46. The average Bonchev–Trinajstić information content (AvgIpc) is 3.16. The number of rotatable bonds is 6. The number of nitrogens with one attached hydrogen (secondary N) is 1. The zero-order valence-corrected chi connectivity index (χ0v) is 12.3. The molecule has 0 aromatic heterocycles. The van der Waals surface area contributed by atoms with Crippen LogP contribution in [0.4, 0.5) is 0 Å². The monoisotopic (exact) mass is 268 g/mol. The number of amides is 1. The first kappa shape index (κ1) is 14.8. The van der Waals surface area contributed by atoms with Crippen LogP contribution in [0, 0.1) is 5.41 Å². The summed E-state index contributed by atoms with van der Waals surface area (Å²) >= 11 is 0. The lowest BCUT2D eigenvalue weighted by molar-refractivity contribution is -0.126. The molecule has 4 nitrogen and oxygen atoms in total. The van der Waals surface area contributed by atoms with E-state index in [9.17, 15) is 4.79 Å². The zero-order valence-electron chi connectivity index (χ0n) is 12.3. The van der Waals surface area contributed by atoms with Gasteiger partial charge in [-0.25, -0.2) is 0 Å². The Bertz CT molecular complexity index is 314. The smallest absolute Gasteiger partial charge is 0.222 e. The number of carbonyl (C=O) groups is 1. The topological polar surface area (TPSA) is 64.3 Å². The van der Waals surface area contributed by atoms with Gasteiger partial charge >= 0.3 is 0 Å². The first-order chi connectivity index (χ1) is 8.95. The Morgan fingerprint density at radius 1 is 1.26 bits per heavy atom. The number of hydrogen-bond acceptors (Lipinski definition) is 3. The van der Waals surface area contributed by atoms with Gasteiger partial charge in [0.2, 0.25) is 5.91 Å². The second-order valence-corrected chi connectivity index (χ2v) is 6.99. The van der Waals surface area contributed by atoms with E-state index >= 15 is 0 Å². The molecular formula is C15H28N2O2. The molecule has 110 valence electrons. The van der Waals surface area contributed by atoms with Crippen molar-refractivity contribution in [3.63, 3.8) is 0 Å². The summed E-state index contributed by atoms with van der Waals surface area (Å²) in [6.07, 6.45) is 7.06. The summed E-state index contributed by atoms with van der Waals surface area (Å²) in [6, 6.07) is 0.437. The van der Waals surface area contributed by atoms with Crippen LogP contribution < -0.4 is 11.1 Å². The van der Waals surface area contributed by atoms with E-state index in [2.05, 4.69) is 19.2 Å². The summed E-state index contributed by atoms with van der Waals surface area (Å²) in [5.74, 6) is 0.116. The summed E-state index contributed by atoms with van der Waals surface area (Å²) < 4.78 is 6.00. The predicted molar refractivity (Wildman–Crippen MR) is 75.8 cm³/mol. The highest BCUT2D eigenvalue weighted by Gasteiger charge is 2.38. The molecule has 0 aromatic carbocycles. The second kappa shape index (κ2) is 5.80. The minimum Gasteiger partial charge on any atom is -0.373 e. The molecule has 0 atom stereocenters. The molecule has 4 heteroatoms. The van der Waals surface area contributed by atoms with Crippen LogP contribution in [-0.4, -0.2) is 30.7 Å². The van der Waals surface area contributed by atoms with Gasteiger partial charge in [0.05, 0.1) is 12.2 Å². The Morgan fingerprint density at radius 2 is 1.89 bits per heavy atom. The van der Waals surface area contributed by atoms with E-state index in [0.717, 1.165) is 38.5 Å². The van der Waals surface area contributed by atoms with E-state index < -0.39 is 0 Å². The molecule has 0 heterocycles. The first-order valence-corrected chi connectivity index (χ1v) is 7.58. The molecule has 2 fully saturated rings. The Hall–Kier alpha value is -0.610. The quantitative estimate of drug-likeness (QED) is 0.774. The number of hydrogen-bond donors (Lipinski definition) is 2.